The molecule has 2 amide bonds. The van der Waals surface area contributed by atoms with Crippen LogP contribution in [0, 0.1) is 0 Å². The molecule has 4 aromatic rings. The molecule has 12 heteroatoms. The molecule has 0 aliphatic heterocycles. The summed E-state index contributed by atoms with van der Waals surface area (Å²) in [7, 11) is 0. The highest BCUT2D eigenvalue weighted by molar-refractivity contribution is 7.13. The maximum atomic E-state index is 13.1. The van der Waals surface area contributed by atoms with Gasteiger partial charge in [-0.15, -0.1) is 11.3 Å². The van der Waals surface area contributed by atoms with Gasteiger partial charge in [0.05, 0.1) is 5.69 Å². The SMILES string of the molecule is CCNC(=O)Nc1cc(-c2nc(C(F)(F)F)cs2)c(-c2cccc(-n3cccn3)n2)cn1. The van der Waals surface area contributed by atoms with E-state index in [9.17, 15) is 18.0 Å². The van der Waals surface area contributed by atoms with Gasteiger partial charge in [0, 0.05) is 41.6 Å². The lowest BCUT2D eigenvalue weighted by Gasteiger charge is -2.11. The van der Waals surface area contributed by atoms with Crippen LogP contribution < -0.4 is 10.6 Å². The third-order valence-corrected chi connectivity index (χ3v) is 5.13. The maximum Gasteiger partial charge on any atom is 0.434 e. The maximum absolute atomic E-state index is 13.1. The molecule has 0 bridgehead atoms. The van der Waals surface area contributed by atoms with Crippen LogP contribution in [0.3, 0.4) is 0 Å². The summed E-state index contributed by atoms with van der Waals surface area (Å²) in [5, 5.41) is 10.4. The largest absolute Gasteiger partial charge is 0.434 e. The molecular formula is C20H16F3N7OS. The Morgan fingerprint density at radius 2 is 2.03 bits per heavy atom. The number of halogens is 3. The Labute approximate surface area is 184 Å². The van der Waals surface area contributed by atoms with E-state index in [-0.39, 0.29) is 10.8 Å². The van der Waals surface area contributed by atoms with E-state index in [2.05, 4.69) is 30.7 Å². The van der Waals surface area contributed by atoms with Crippen LogP contribution in [0.25, 0.3) is 27.6 Å². The molecule has 0 atom stereocenters. The molecule has 8 nitrogen and oxygen atoms in total. The van der Waals surface area contributed by atoms with Crippen LogP contribution in [0.5, 0.6) is 0 Å². The Morgan fingerprint density at radius 1 is 1.19 bits per heavy atom. The number of nitrogens with zero attached hydrogens (tertiary/aromatic N) is 5. The molecule has 0 unspecified atom stereocenters. The lowest BCUT2D eigenvalue weighted by atomic mass is 10.1. The highest BCUT2D eigenvalue weighted by Crippen LogP contribution is 2.38. The van der Waals surface area contributed by atoms with Gasteiger partial charge in [0.15, 0.2) is 11.5 Å². The Balaban J connectivity index is 1.81. The number of rotatable bonds is 5. The van der Waals surface area contributed by atoms with Gasteiger partial charge in [0.1, 0.15) is 10.8 Å². The van der Waals surface area contributed by atoms with E-state index in [1.54, 1.807) is 48.3 Å². The smallest absolute Gasteiger partial charge is 0.338 e. The van der Waals surface area contributed by atoms with E-state index < -0.39 is 17.9 Å². The topological polar surface area (TPSA) is 97.6 Å². The normalized spacial score (nSPS) is 11.4. The number of hydrogen-bond acceptors (Lipinski definition) is 6. The Morgan fingerprint density at radius 3 is 2.72 bits per heavy atom. The predicted molar refractivity (Wildman–Crippen MR) is 113 cm³/mol. The van der Waals surface area contributed by atoms with Crippen LogP contribution in [0.15, 0.2) is 54.3 Å². The van der Waals surface area contributed by atoms with Crippen LogP contribution in [-0.2, 0) is 6.18 Å². The molecule has 0 aliphatic rings. The highest BCUT2D eigenvalue weighted by atomic mass is 32.1. The van der Waals surface area contributed by atoms with Gasteiger partial charge in [0.2, 0.25) is 0 Å². The number of thiazole rings is 1. The molecular weight excluding hydrogens is 443 g/mol. The van der Waals surface area contributed by atoms with Crippen LogP contribution in [-0.4, -0.2) is 37.3 Å². The molecule has 32 heavy (non-hydrogen) atoms. The number of anilines is 1. The summed E-state index contributed by atoms with van der Waals surface area (Å²) in [6.45, 7) is 2.16. The molecule has 0 saturated heterocycles. The van der Waals surface area contributed by atoms with Gasteiger partial charge in [-0.25, -0.2) is 24.4 Å². The summed E-state index contributed by atoms with van der Waals surface area (Å²) >= 11 is 0.846. The number of carbonyl (C=O) groups is 1. The summed E-state index contributed by atoms with van der Waals surface area (Å²) in [5.41, 5.74) is 0.298. The first-order valence-corrected chi connectivity index (χ1v) is 10.3. The second-order valence-electron chi connectivity index (χ2n) is 6.47. The number of aromatic nitrogens is 5. The molecule has 0 radical (unpaired) electrons. The molecule has 4 heterocycles. The third-order valence-electron chi connectivity index (χ3n) is 4.26. The van der Waals surface area contributed by atoms with E-state index >= 15 is 0 Å². The van der Waals surface area contributed by atoms with Gasteiger partial charge in [-0.2, -0.15) is 18.3 Å². The van der Waals surface area contributed by atoms with Gasteiger partial charge in [-0.1, -0.05) is 6.07 Å². The van der Waals surface area contributed by atoms with Gasteiger partial charge in [0.25, 0.3) is 0 Å². The lowest BCUT2D eigenvalue weighted by molar-refractivity contribution is -0.140. The second kappa shape index (κ2) is 8.75. The van der Waals surface area contributed by atoms with E-state index in [0.29, 0.717) is 29.2 Å². The predicted octanol–water partition coefficient (Wildman–Crippen LogP) is 4.61. The quantitative estimate of drug-likeness (QED) is 0.454. The van der Waals surface area contributed by atoms with Crippen molar-refractivity contribution in [2.75, 3.05) is 11.9 Å². The van der Waals surface area contributed by atoms with Crippen LogP contribution >= 0.6 is 11.3 Å². The number of urea groups is 1. The van der Waals surface area contributed by atoms with Crippen molar-refractivity contribution in [2.24, 2.45) is 0 Å². The van der Waals surface area contributed by atoms with Crippen LogP contribution in [0.4, 0.5) is 23.8 Å². The van der Waals surface area contributed by atoms with Gasteiger partial charge in [-0.3, -0.25) is 5.32 Å². The molecule has 0 aromatic carbocycles. The van der Waals surface area contributed by atoms with Crippen LogP contribution in [0.2, 0.25) is 0 Å². The van der Waals surface area contributed by atoms with Crippen molar-refractivity contribution in [3.63, 3.8) is 0 Å². The van der Waals surface area contributed by atoms with Crippen molar-refractivity contribution >= 4 is 23.2 Å². The van der Waals surface area contributed by atoms with E-state index in [1.165, 1.54) is 12.3 Å². The van der Waals surface area contributed by atoms with Crippen molar-refractivity contribution in [1.82, 2.24) is 30.0 Å². The van der Waals surface area contributed by atoms with Crippen molar-refractivity contribution in [3.05, 3.63) is 60.0 Å². The molecule has 164 valence electrons. The number of carbonyl (C=O) groups excluding carboxylic acids is 1. The lowest BCUT2D eigenvalue weighted by Crippen LogP contribution is -2.28. The first-order valence-electron chi connectivity index (χ1n) is 9.40. The Kier molecular flexibility index (Phi) is 5.86. The number of amides is 2. The Bertz CT molecular complexity index is 1240. The Hall–Kier alpha value is -3.80. The average Bonchev–Trinajstić information content (AvgIpc) is 3.46. The summed E-state index contributed by atoms with van der Waals surface area (Å²) in [4.78, 5) is 24.4. The number of alkyl halides is 3. The minimum absolute atomic E-state index is 0.125. The fourth-order valence-electron chi connectivity index (χ4n) is 2.86. The molecule has 0 fully saturated rings. The zero-order valence-electron chi connectivity index (χ0n) is 16.6. The molecule has 0 spiro atoms. The van der Waals surface area contributed by atoms with E-state index in [0.717, 1.165) is 16.7 Å². The molecule has 4 aromatic heterocycles. The van der Waals surface area contributed by atoms with Crippen molar-refractivity contribution < 1.29 is 18.0 Å². The summed E-state index contributed by atoms with van der Waals surface area (Å²) in [6.07, 6.45) is 0.210. The standard InChI is InChI=1S/C20H16F3N7OS/c1-2-24-19(31)29-16-9-12(18-28-15(11-32-18)20(21,22)23)13(10-25-16)14-5-3-6-17(27-14)30-8-4-7-26-30/h3-11H,2H2,1H3,(H2,24,25,29,31). The monoisotopic (exact) mass is 459 g/mol. The fraction of sp³-hybridized carbons (Fsp3) is 0.150. The van der Waals surface area contributed by atoms with Gasteiger partial charge in [-0.05, 0) is 31.2 Å². The molecule has 0 aliphatic carbocycles. The van der Waals surface area contributed by atoms with Crippen molar-refractivity contribution in [3.8, 4) is 27.6 Å². The number of pyridine rings is 2. The van der Waals surface area contributed by atoms with Crippen molar-refractivity contribution in [2.45, 2.75) is 13.1 Å². The zero-order chi connectivity index (χ0) is 22.7. The minimum atomic E-state index is -4.57. The second-order valence-corrected chi connectivity index (χ2v) is 7.33. The molecule has 4 rings (SSSR count). The summed E-state index contributed by atoms with van der Waals surface area (Å²) in [6, 6.07) is 7.96. The van der Waals surface area contributed by atoms with Crippen LogP contribution in [0.1, 0.15) is 12.6 Å². The molecule has 2 N–H and O–H groups in total. The average molecular weight is 459 g/mol. The van der Waals surface area contributed by atoms with E-state index in [4.69, 9.17) is 0 Å². The summed E-state index contributed by atoms with van der Waals surface area (Å²) < 4.78 is 41.0. The number of hydrogen-bond donors (Lipinski definition) is 2. The van der Waals surface area contributed by atoms with Gasteiger partial charge < -0.3 is 5.32 Å². The first kappa shape index (κ1) is 21.4. The highest BCUT2D eigenvalue weighted by Gasteiger charge is 2.34. The zero-order valence-corrected chi connectivity index (χ0v) is 17.4. The summed E-state index contributed by atoms with van der Waals surface area (Å²) in [5.74, 6) is 0.694. The van der Waals surface area contributed by atoms with Gasteiger partial charge >= 0.3 is 12.2 Å². The minimum Gasteiger partial charge on any atom is -0.338 e. The van der Waals surface area contributed by atoms with Crippen molar-refractivity contribution in [1.29, 1.82) is 0 Å². The number of nitrogens with one attached hydrogen (secondary N) is 2. The first-order chi connectivity index (χ1) is 15.3. The third kappa shape index (κ3) is 4.59. The molecule has 0 saturated carbocycles. The van der Waals surface area contributed by atoms with E-state index in [1.807, 2.05) is 0 Å². The fourth-order valence-corrected chi connectivity index (χ4v) is 3.72.